The first kappa shape index (κ1) is 21.9. The Bertz CT molecular complexity index is 853. The Balaban J connectivity index is 1.83. The van der Waals surface area contributed by atoms with Crippen LogP contribution >= 0.6 is 0 Å². The first-order valence-electron chi connectivity index (χ1n) is 9.03. The summed E-state index contributed by atoms with van der Waals surface area (Å²) in [5.74, 6) is -0.0664. The van der Waals surface area contributed by atoms with E-state index in [4.69, 9.17) is 0 Å². The van der Waals surface area contributed by atoms with Crippen LogP contribution in [0, 0.1) is 0 Å². The molecule has 0 saturated heterocycles. The van der Waals surface area contributed by atoms with Crippen molar-refractivity contribution in [2.45, 2.75) is 18.3 Å². The largest absolute Gasteiger partial charge is 0.336 e. The maximum Gasteiger partial charge on any atom is 0.315 e. The summed E-state index contributed by atoms with van der Waals surface area (Å²) in [7, 11) is 2.06. The second-order valence-corrected chi connectivity index (χ2v) is 8.66. The van der Waals surface area contributed by atoms with Gasteiger partial charge in [0.1, 0.15) is 0 Å². The second-order valence-electron chi connectivity index (χ2n) is 6.73. The maximum absolute atomic E-state index is 12.1. The Labute approximate surface area is 167 Å². The van der Waals surface area contributed by atoms with Crippen LogP contribution in [0.25, 0.3) is 0 Å². The molecule has 0 heterocycles. The molecule has 0 radical (unpaired) electrons. The SMILES string of the molecule is CNS(=O)(=O)Cc1ccc(CNC(=O)NCC(c2ccccc2)N(C)C)cc1. The number of amides is 2. The minimum Gasteiger partial charge on any atom is -0.336 e. The lowest BCUT2D eigenvalue weighted by Gasteiger charge is -2.25. The monoisotopic (exact) mass is 404 g/mol. The molecule has 2 rings (SSSR count). The van der Waals surface area contributed by atoms with E-state index in [9.17, 15) is 13.2 Å². The van der Waals surface area contributed by atoms with Gasteiger partial charge in [-0.25, -0.2) is 17.9 Å². The molecule has 0 fully saturated rings. The third-order valence-corrected chi connectivity index (χ3v) is 5.74. The second kappa shape index (κ2) is 10.2. The minimum atomic E-state index is -3.29. The average Bonchev–Trinajstić information content (AvgIpc) is 2.68. The van der Waals surface area contributed by atoms with E-state index in [1.807, 2.05) is 56.6 Å². The van der Waals surface area contributed by atoms with Gasteiger partial charge in [0.2, 0.25) is 10.0 Å². The number of carbonyl (C=O) groups excluding carboxylic acids is 1. The summed E-state index contributed by atoms with van der Waals surface area (Å²) in [5, 5.41) is 5.73. The Hall–Kier alpha value is -2.42. The van der Waals surface area contributed by atoms with Gasteiger partial charge < -0.3 is 15.5 Å². The van der Waals surface area contributed by atoms with Crippen LogP contribution in [0.5, 0.6) is 0 Å². The van der Waals surface area contributed by atoms with Crippen LogP contribution in [0.15, 0.2) is 54.6 Å². The van der Waals surface area contributed by atoms with Gasteiger partial charge in [-0.15, -0.1) is 0 Å². The van der Waals surface area contributed by atoms with E-state index in [-0.39, 0.29) is 17.8 Å². The van der Waals surface area contributed by atoms with Gasteiger partial charge >= 0.3 is 6.03 Å². The third kappa shape index (κ3) is 6.95. The number of nitrogens with one attached hydrogen (secondary N) is 3. The molecule has 0 saturated carbocycles. The van der Waals surface area contributed by atoms with Crippen LogP contribution in [0.3, 0.4) is 0 Å². The molecular weight excluding hydrogens is 376 g/mol. The van der Waals surface area contributed by atoms with Gasteiger partial charge in [-0.3, -0.25) is 0 Å². The van der Waals surface area contributed by atoms with Crippen molar-refractivity contribution in [2.24, 2.45) is 0 Å². The van der Waals surface area contributed by atoms with Gasteiger partial charge in [0.15, 0.2) is 0 Å². The Kier molecular flexibility index (Phi) is 7.98. The van der Waals surface area contributed by atoms with Gasteiger partial charge in [-0.1, -0.05) is 54.6 Å². The molecule has 0 aliphatic rings. The summed E-state index contributed by atoms with van der Waals surface area (Å²) in [6, 6.07) is 17.0. The highest BCUT2D eigenvalue weighted by atomic mass is 32.2. The van der Waals surface area contributed by atoms with Gasteiger partial charge in [-0.05, 0) is 37.8 Å². The van der Waals surface area contributed by atoms with Crippen molar-refractivity contribution in [3.63, 3.8) is 0 Å². The van der Waals surface area contributed by atoms with Crippen LogP contribution in [0.4, 0.5) is 4.79 Å². The summed E-state index contributed by atoms with van der Waals surface area (Å²) >= 11 is 0. The van der Waals surface area contributed by atoms with E-state index in [0.29, 0.717) is 18.7 Å². The molecule has 0 aromatic heterocycles. The zero-order chi connectivity index (χ0) is 20.6. The number of hydrogen-bond donors (Lipinski definition) is 3. The molecule has 0 aliphatic carbocycles. The van der Waals surface area contributed by atoms with Crippen molar-refractivity contribution in [1.82, 2.24) is 20.3 Å². The van der Waals surface area contributed by atoms with E-state index < -0.39 is 10.0 Å². The number of carbonyl (C=O) groups is 1. The Morgan fingerprint density at radius 3 is 2.14 bits per heavy atom. The number of benzene rings is 2. The van der Waals surface area contributed by atoms with Crippen molar-refractivity contribution in [3.05, 3.63) is 71.3 Å². The van der Waals surface area contributed by atoms with Crippen LogP contribution in [0.2, 0.25) is 0 Å². The number of sulfonamides is 1. The number of likely N-dealkylation sites (N-methyl/N-ethyl adjacent to an activating group) is 1. The fourth-order valence-electron chi connectivity index (χ4n) is 2.75. The van der Waals surface area contributed by atoms with E-state index in [2.05, 4.69) is 20.3 Å². The molecular formula is C20H28N4O3S. The molecule has 3 N–H and O–H groups in total. The quantitative estimate of drug-likeness (QED) is 0.595. The predicted molar refractivity (Wildman–Crippen MR) is 111 cm³/mol. The highest BCUT2D eigenvalue weighted by molar-refractivity contribution is 7.88. The molecule has 2 aromatic rings. The first-order valence-corrected chi connectivity index (χ1v) is 10.7. The Morgan fingerprint density at radius 1 is 0.964 bits per heavy atom. The van der Waals surface area contributed by atoms with Crippen molar-refractivity contribution in [1.29, 1.82) is 0 Å². The van der Waals surface area contributed by atoms with E-state index in [1.54, 1.807) is 12.1 Å². The molecule has 0 bridgehead atoms. The standard InChI is InChI=1S/C20H28N4O3S/c1-21-28(26,27)15-17-11-9-16(10-12-17)13-22-20(25)23-14-19(24(2)3)18-7-5-4-6-8-18/h4-12,19,21H,13-15H2,1-3H3,(H2,22,23,25). The summed E-state index contributed by atoms with van der Waals surface area (Å²) in [4.78, 5) is 14.2. The average molecular weight is 405 g/mol. The fraction of sp³-hybridized carbons (Fsp3) is 0.350. The molecule has 1 unspecified atom stereocenters. The van der Waals surface area contributed by atoms with Crippen molar-refractivity contribution >= 4 is 16.1 Å². The molecule has 0 aliphatic heterocycles. The molecule has 1 atom stereocenters. The molecule has 2 amide bonds. The molecule has 152 valence electrons. The smallest absolute Gasteiger partial charge is 0.315 e. The lowest BCUT2D eigenvalue weighted by molar-refractivity contribution is 0.232. The molecule has 7 nitrogen and oxygen atoms in total. The summed E-state index contributed by atoms with van der Waals surface area (Å²) < 4.78 is 25.4. The normalized spacial score (nSPS) is 12.6. The van der Waals surface area contributed by atoms with Gasteiger partial charge in [0.05, 0.1) is 11.8 Å². The molecule has 0 spiro atoms. The van der Waals surface area contributed by atoms with E-state index >= 15 is 0 Å². The summed E-state index contributed by atoms with van der Waals surface area (Å²) in [6.07, 6.45) is 0. The minimum absolute atomic E-state index is 0.0664. The number of hydrogen-bond acceptors (Lipinski definition) is 4. The first-order chi connectivity index (χ1) is 13.3. The van der Waals surface area contributed by atoms with Crippen molar-refractivity contribution < 1.29 is 13.2 Å². The molecule has 2 aromatic carbocycles. The predicted octanol–water partition coefficient (Wildman–Crippen LogP) is 1.84. The highest BCUT2D eigenvalue weighted by Crippen LogP contribution is 2.16. The zero-order valence-electron chi connectivity index (χ0n) is 16.5. The topological polar surface area (TPSA) is 90.5 Å². The lowest BCUT2D eigenvalue weighted by Crippen LogP contribution is -2.40. The maximum atomic E-state index is 12.1. The van der Waals surface area contributed by atoms with Crippen LogP contribution in [-0.4, -0.2) is 47.0 Å². The highest BCUT2D eigenvalue weighted by Gasteiger charge is 2.14. The Morgan fingerprint density at radius 2 is 1.57 bits per heavy atom. The van der Waals surface area contributed by atoms with Gasteiger partial charge in [0.25, 0.3) is 0 Å². The summed E-state index contributed by atoms with van der Waals surface area (Å²) in [5.41, 5.74) is 2.73. The van der Waals surface area contributed by atoms with E-state index in [1.165, 1.54) is 7.05 Å². The van der Waals surface area contributed by atoms with Crippen molar-refractivity contribution in [3.8, 4) is 0 Å². The lowest BCUT2D eigenvalue weighted by atomic mass is 10.1. The number of urea groups is 1. The fourth-order valence-corrected chi connectivity index (χ4v) is 3.53. The van der Waals surface area contributed by atoms with Crippen LogP contribution in [-0.2, 0) is 22.3 Å². The van der Waals surface area contributed by atoms with Gasteiger partial charge in [0, 0.05) is 13.1 Å². The third-order valence-electron chi connectivity index (χ3n) is 4.41. The summed E-state index contributed by atoms with van der Waals surface area (Å²) in [6.45, 7) is 0.854. The number of nitrogens with zero attached hydrogens (tertiary/aromatic N) is 1. The van der Waals surface area contributed by atoms with Gasteiger partial charge in [-0.2, -0.15) is 0 Å². The number of rotatable bonds is 9. The van der Waals surface area contributed by atoms with E-state index in [0.717, 1.165) is 11.1 Å². The van der Waals surface area contributed by atoms with Crippen LogP contribution < -0.4 is 15.4 Å². The van der Waals surface area contributed by atoms with Crippen molar-refractivity contribution in [2.75, 3.05) is 27.7 Å². The van der Waals surface area contributed by atoms with Crippen LogP contribution in [0.1, 0.15) is 22.7 Å². The zero-order valence-corrected chi connectivity index (χ0v) is 17.3. The molecule has 8 heteroatoms. The molecule has 28 heavy (non-hydrogen) atoms.